The van der Waals surface area contributed by atoms with E-state index in [-0.39, 0.29) is 36.5 Å². The molecule has 2 aromatic rings. The molecule has 0 bridgehead atoms. The first-order valence-corrected chi connectivity index (χ1v) is 4.07. The van der Waals surface area contributed by atoms with Gasteiger partial charge in [0.15, 0.2) is 0 Å². The molecular formula is C12H13NaO. The van der Waals surface area contributed by atoms with Gasteiger partial charge in [-0.2, -0.15) is 0 Å². The molecule has 0 saturated heterocycles. The Balaban J connectivity index is 0. The maximum Gasteiger partial charge on any atom is 1.00 e. The first-order valence-electron chi connectivity index (χ1n) is 4.07. The molecule has 2 heteroatoms. The molecule has 2 N–H and O–H groups in total. The molecule has 0 unspecified atom stereocenters. The second kappa shape index (κ2) is 6.80. The van der Waals surface area contributed by atoms with Gasteiger partial charge in [-0.25, -0.2) is 0 Å². The third-order valence-corrected chi connectivity index (χ3v) is 1.88. The largest absolute Gasteiger partial charge is 1.00 e. The third kappa shape index (κ3) is 3.28. The summed E-state index contributed by atoms with van der Waals surface area (Å²) >= 11 is 0. The summed E-state index contributed by atoms with van der Waals surface area (Å²) in [7, 11) is 0. The van der Waals surface area contributed by atoms with Crippen LogP contribution in [0.2, 0.25) is 0 Å². The topological polar surface area (TPSA) is 31.5 Å². The average Bonchev–Trinajstić information content (AvgIpc) is 2.21. The van der Waals surface area contributed by atoms with Crippen LogP contribution in [0.1, 0.15) is 1.43 Å². The SMILES string of the molecule is O.[H-].[Na+].c1ccc(-c2ccccc2)cc1. The molecule has 0 fully saturated rings. The second-order valence-electron chi connectivity index (χ2n) is 2.73. The van der Waals surface area contributed by atoms with Crippen molar-refractivity contribution >= 4 is 0 Å². The molecule has 0 spiro atoms. The fourth-order valence-electron chi connectivity index (χ4n) is 1.26. The minimum atomic E-state index is 0. The van der Waals surface area contributed by atoms with E-state index in [1.54, 1.807) is 0 Å². The number of rotatable bonds is 1. The van der Waals surface area contributed by atoms with Crippen molar-refractivity contribution in [1.82, 2.24) is 0 Å². The summed E-state index contributed by atoms with van der Waals surface area (Å²) in [6, 6.07) is 20.8. The Hall–Kier alpha value is -0.600. The molecule has 0 aliphatic rings. The van der Waals surface area contributed by atoms with Gasteiger partial charge in [0.05, 0.1) is 0 Å². The zero-order valence-electron chi connectivity index (χ0n) is 9.27. The monoisotopic (exact) mass is 196 g/mol. The zero-order chi connectivity index (χ0) is 8.23. The molecule has 0 aliphatic carbocycles. The van der Waals surface area contributed by atoms with Gasteiger partial charge in [0.25, 0.3) is 0 Å². The molecule has 0 aromatic heterocycles. The Morgan fingerprint density at radius 1 is 0.571 bits per heavy atom. The smallest absolute Gasteiger partial charge is 1.00 e. The van der Waals surface area contributed by atoms with Crippen LogP contribution in [-0.4, -0.2) is 5.48 Å². The van der Waals surface area contributed by atoms with Crippen LogP contribution in [0.25, 0.3) is 11.1 Å². The maximum atomic E-state index is 2.12. The molecule has 1 nitrogen and oxygen atoms in total. The number of hydrogen-bond donors (Lipinski definition) is 0. The summed E-state index contributed by atoms with van der Waals surface area (Å²) in [4.78, 5) is 0. The van der Waals surface area contributed by atoms with Gasteiger partial charge in [-0.1, -0.05) is 60.7 Å². The fraction of sp³-hybridized carbons (Fsp3) is 0. The first kappa shape index (κ1) is 13.4. The maximum absolute atomic E-state index is 2.12. The Morgan fingerprint density at radius 3 is 1.14 bits per heavy atom. The van der Waals surface area contributed by atoms with Crippen LogP contribution in [0.3, 0.4) is 0 Å². The molecule has 0 saturated carbocycles. The molecule has 0 aliphatic heterocycles. The van der Waals surface area contributed by atoms with Crippen LogP contribution in [0.15, 0.2) is 60.7 Å². The molecule has 2 rings (SSSR count). The van der Waals surface area contributed by atoms with Gasteiger partial charge in [0.2, 0.25) is 0 Å². The molecule has 14 heavy (non-hydrogen) atoms. The van der Waals surface area contributed by atoms with E-state index in [2.05, 4.69) is 48.5 Å². The van der Waals surface area contributed by atoms with E-state index in [0.29, 0.717) is 0 Å². The Kier molecular flexibility index (Phi) is 6.50. The summed E-state index contributed by atoms with van der Waals surface area (Å²) in [5.74, 6) is 0. The van der Waals surface area contributed by atoms with E-state index < -0.39 is 0 Å². The van der Waals surface area contributed by atoms with E-state index >= 15 is 0 Å². The normalized spacial score (nSPS) is 8.29. The standard InChI is InChI=1S/C12H10.Na.H2O.H/c1-3-7-11(8-4-1)12-9-5-2-6-10-12;;;/h1-10H;;1H2;/q;+1;;-1. The molecule has 2 aromatic carbocycles. The number of hydrogen-bond acceptors (Lipinski definition) is 0. The van der Waals surface area contributed by atoms with Crippen molar-refractivity contribution < 1.29 is 36.5 Å². The number of benzene rings is 2. The van der Waals surface area contributed by atoms with Crippen molar-refractivity contribution in [2.45, 2.75) is 0 Å². The van der Waals surface area contributed by atoms with Crippen molar-refractivity contribution in [2.75, 3.05) is 0 Å². The first-order chi connectivity index (χ1) is 5.97. The van der Waals surface area contributed by atoms with E-state index in [4.69, 9.17) is 0 Å². The predicted molar refractivity (Wildman–Crippen MR) is 56.6 cm³/mol. The molecule has 0 atom stereocenters. The molecule has 0 heterocycles. The van der Waals surface area contributed by atoms with E-state index in [0.717, 1.165) is 0 Å². The van der Waals surface area contributed by atoms with Crippen LogP contribution < -0.4 is 29.6 Å². The van der Waals surface area contributed by atoms with Gasteiger partial charge >= 0.3 is 29.6 Å². The molecular weight excluding hydrogens is 183 g/mol. The van der Waals surface area contributed by atoms with Gasteiger partial charge in [-0.15, -0.1) is 0 Å². The van der Waals surface area contributed by atoms with Crippen molar-refractivity contribution in [1.29, 1.82) is 0 Å². The predicted octanol–water partition coefficient (Wildman–Crippen LogP) is -0.355. The van der Waals surface area contributed by atoms with Crippen LogP contribution >= 0.6 is 0 Å². The van der Waals surface area contributed by atoms with Crippen LogP contribution in [0.5, 0.6) is 0 Å². The summed E-state index contributed by atoms with van der Waals surface area (Å²) in [5.41, 5.74) is 2.55. The fourth-order valence-corrected chi connectivity index (χ4v) is 1.26. The molecule has 68 valence electrons. The molecule has 0 amide bonds. The van der Waals surface area contributed by atoms with Gasteiger partial charge < -0.3 is 6.90 Å². The van der Waals surface area contributed by atoms with Crippen LogP contribution in [0, 0.1) is 0 Å². The quantitative estimate of drug-likeness (QED) is 0.558. The zero-order valence-corrected chi connectivity index (χ0v) is 10.3. The van der Waals surface area contributed by atoms with Crippen molar-refractivity contribution in [3.05, 3.63) is 60.7 Å². The van der Waals surface area contributed by atoms with Crippen molar-refractivity contribution in [3.63, 3.8) is 0 Å². The summed E-state index contributed by atoms with van der Waals surface area (Å²) in [6.45, 7) is 0. The van der Waals surface area contributed by atoms with Gasteiger partial charge in [0.1, 0.15) is 0 Å². The van der Waals surface area contributed by atoms with Gasteiger partial charge in [-0.3, -0.25) is 0 Å². The minimum Gasteiger partial charge on any atom is -1.00 e. The van der Waals surface area contributed by atoms with Crippen LogP contribution in [0.4, 0.5) is 0 Å². The minimum absolute atomic E-state index is 0. The average molecular weight is 196 g/mol. The Bertz CT molecular complexity index is 313. The summed E-state index contributed by atoms with van der Waals surface area (Å²) < 4.78 is 0. The van der Waals surface area contributed by atoms with Crippen molar-refractivity contribution in [2.24, 2.45) is 0 Å². The van der Waals surface area contributed by atoms with Crippen molar-refractivity contribution in [3.8, 4) is 11.1 Å². The third-order valence-electron chi connectivity index (χ3n) is 1.88. The molecule has 0 radical (unpaired) electrons. The van der Waals surface area contributed by atoms with Gasteiger partial charge in [0, 0.05) is 0 Å². The van der Waals surface area contributed by atoms with Gasteiger partial charge in [-0.05, 0) is 11.1 Å². The van der Waals surface area contributed by atoms with E-state index in [9.17, 15) is 0 Å². The van der Waals surface area contributed by atoms with E-state index in [1.165, 1.54) is 11.1 Å². The summed E-state index contributed by atoms with van der Waals surface area (Å²) in [5, 5.41) is 0. The second-order valence-corrected chi connectivity index (χ2v) is 2.73. The van der Waals surface area contributed by atoms with Crippen LogP contribution in [-0.2, 0) is 0 Å². The Labute approximate surface area is 108 Å². The van der Waals surface area contributed by atoms with E-state index in [1.807, 2.05) is 12.1 Å². The summed E-state index contributed by atoms with van der Waals surface area (Å²) in [6.07, 6.45) is 0. The Morgan fingerprint density at radius 2 is 0.857 bits per heavy atom.